The van der Waals surface area contributed by atoms with E-state index in [4.69, 9.17) is 4.43 Å². The molecule has 0 spiro atoms. The second-order valence-corrected chi connectivity index (χ2v) is 12.8. The van der Waals surface area contributed by atoms with Crippen molar-refractivity contribution in [1.82, 2.24) is 14.7 Å². The van der Waals surface area contributed by atoms with Crippen LogP contribution in [0.15, 0.2) is 0 Å². The van der Waals surface area contributed by atoms with Crippen molar-refractivity contribution < 1.29 is 4.43 Å². The van der Waals surface area contributed by atoms with E-state index < -0.39 is 8.32 Å². The standard InChI is InChI=1S/C22H51N3OSi/c1-8-15-23(6)17-13-19-25(20-14-18-24(7)16-9-2)21-22-27(11-4,12-5)26-10-3/h8-22H2,1-7H3. The normalized spacial score (nSPS) is 12.7. The van der Waals surface area contributed by atoms with Gasteiger partial charge >= 0.3 is 0 Å². The van der Waals surface area contributed by atoms with Crippen molar-refractivity contribution in [1.29, 1.82) is 0 Å². The predicted octanol–water partition coefficient (Wildman–Crippen LogP) is 4.77. The van der Waals surface area contributed by atoms with Crippen molar-refractivity contribution in [2.24, 2.45) is 0 Å². The third kappa shape index (κ3) is 13.0. The Hall–Kier alpha value is 0.0569. The highest BCUT2D eigenvalue weighted by Crippen LogP contribution is 2.22. The molecule has 0 amide bonds. The van der Waals surface area contributed by atoms with Gasteiger partial charge in [0.25, 0.3) is 0 Å². The summed E-state index contributed by atoms with van der Waals surface area (Å²) >= 11 is 0. The topological polar surface area (TPSA) is 19.0 Å². The molecule has 0 bridgehead atoms. The second kappa shape index (κ2) is 17.0. The summed E-state index contributed by atoms with van der Waals surface area (Å²) in [5, 5.41) is 0. The van der Waals surface area contributed by atoms with Crippen molar-refractivity contribution in [2.45, 2.75) is 78.4 Å². The molecule has 0 aromatic carbocycles. The van der Waals surface area contributed by atoms with E-state index in [-0.39, 0.29) is 0 Å². The quantitative estimate of drug-likeness (QED) is 0.290. The molecule has 0 aliphatic rings. The van der Waals surface area contributed by atoms with Crippen LogP contribution in [-0.4, -0.2) is 89.5 Å². The second-order valence-electron chi connectivity index (χ2n) is 8.23. The molecule has 164 valence electrons. The summed E-state index contributed by atoms with van der Waals surface area (Å²) in [6, 6.07) is 3.80. The number of hydrogen-bond acceptors (Lipinski definition) is 4. The molecule has 0 rings (SSSR count). The molecular weight excluding hydrogens is 350 g/mol. The molecular formula is C22H51N3OSi. The lowest BCUT2D eigenvalue weighted by atomic mass is 10.3. The summed E-state index contributed by atoms with van der Waals surface area (Å²) in [6.45, 7) is 20.8. The van der Waals surface area contributed by atoms with Gasteiger partial charge in [0.1, 0.15) is 0 Å². The van der Waals surface area contributed by atoms with Gasteiger partial charge in [-0.3, -0.25) is 0 Å². The predicted molar refractivity (Wildman–Crippen MR) is 124 cm³/mol. The maximum atomic E-state index is 6.32. The molecule has 0 aromatic heterocycles. The maximum Gasteiger partial charge on any atom is 0.193 e. The Kier molecular flexibility index (Phi) is 17.0. The lowest BCUT2D eigenvalue weighted by molar-refractivity contribution is 0.230. The average Bonchev–Trinajstić information content (AvgIpc) is 2.65. The van der Waals surface area contributed by atoms with Crippen LogP contribution in [0.4, 0.5) is 0 Å². The molecule has 0 saturated carbocycles. The molecule has 4 nitrogen and oxygen atoms in total. The van der Waals surface area contributed by atoms with E-state index in [0.717, 1.165) is 6.61 Å². The fourth-order valence-corrected chi connectivity index (χ4v) is 7.09. The summed E-state index contributed by atoms with van der Waals surface area (Å²) in [5.74, 6) is 0. The molecule has 5 heteroatoms. The molecule has 0 atom stereocenters. The number of nitrogens with zero attached hydrogens (tertiary/aromatic N) is 3. The minimum atomic E-state index is -1.52. The van der Waals surface area contributed by atoms with Crippen LogP contribution in [0, 0.1) is 0 Å². The van der Waals surface area contributed by atoms with Crippen LogP contribution < -0.4 is 0 Å². The van der Waals surface area contributed by atoms with Gasteiger partial charge < -0.3 is 19.1 Å². The third-order valence-electron chi connectivity index (χ3n) is 5.86. The lowest BCUT2D eigenvalue weighted by Crippen LogP contribution is -2.41. The van der Waals surface area contributed by atoms with Gasteiger partial charge in [0.15, 0.2) is 8.32 Å². The van der Waals surface area contributed by atoms with Gasteiger partial charge in [-0.05, 0) is 111 Å². The van der Waals surface area contributed by atoms with E-state index in [0.29, 0.717) is 0 Å². The first-order chi connectivity index (χ1) is 13.0. The van der Waals surface area contributed by atoms with Crippen LogP contribution in [-0.2, 0) is 4.43 Å². The lowest BCUT2D eigenvalue weighted by Gasteiger charge is -2.32. The van der Waals surface area contributed by atoms with Crippen LogP contribution in [0.25, 0.3) is 0 Å². The Morgan fingerprint density at radius 3 is 1.48 bits per heavy atom. The number of hydrogen-bond donors (Lipinski definition) is 0. The summed E-state index contributed by atoms with van der Waals surface area (Å²) < 4.78 is 6.32. The van der Waals surface area contributed by atoms with Crippen LogP contribution in [0.1, 0.15) is 60.3 Å². The van der Waals surface area contributed by atoms with Crippen LogP contribution >= 0.6 is 0 Å². The molecule has 0 aliphatic heterocycles. The maximum absolute atomic E-state index is 6.32. The van der Waals surface area contributed by atoms with Crippen molar-refractivity contribution >= 4 is 8.32 Å². The Bertz CT molecular complexity index is 309. The van der Waals surface area contributed by atoms with Crippen LogP contribution in [0.2, 0.25) is 18.1 Å². The highest BCUT2D eigenvalue weighted by molar-refractivity contribution is 6.73. The molecule has 0 fully saturated rings. The van der Waals surface area contributed by atoms with Gasteiger partial charge in [-0.2, -0.15) is 0 Å². The van der Waals surface area contributed by atoms with Crippen LogP contribution in [0.3, 0.4) is 0 Å². The highest BCUT2D eigenvalue weighted by Gasteiger charge is 2.30. The average molecular weight is 402 g/mol. The highest BCUT2D eigenvalue weighted by atomic mass is 28.4. The fourth-order valence-electron chi connectivity index (χ4n) is 4.00. The summed E-state index contributed by atoms with van der Waals surface area (Å²) in [5.41, 5.74) is 0. The first-order valence-electron chi connectivity index (χ1n) is 11.7. The van der Waals surface area contributed by atoms with Gasteiger partial charge in [-0.15, -0.1) is 0 Å². The zero-order valence-electron chi connectivity index (χ0n) is 19.9. The van der Waals surface area contributed by atoms with Crippen molar-refractivity contribution in [3.05, 3.63) is 0 Å². The van der Waals surface area contributed by atoms with Crippen molar-refractivity contribution in [2.75, 3.05) is 66.5 Å². The Morgan fingerprint density at radius 2 is 1.11 bits per heavy atom. The third-order valence-corrected chi connectivity index (χ3v) is 10.5. The first-order valence-corrected chi connectivity index (χ1v) is 14.2. The number of rotatable bonds is 19. The molecule has 0 heterocycles. The summed E-state index contributed by atoms with van der Waals surface area (Å²) in [6.07, 6.45) is 5.06. The molecule has 0 aromatic rings. The van der Waals surface area contributed by atoms with Gasteiger partial charge in [-0.1, -0.05) is 27.7 Å². The van der Waals surface area contributed by atoms with E-state index in [2.05, 4.69) is 63.4 Å². The Labute approximate surface area is 172 Å². The van der Waals surface area contributed by atoms with E-state index in [9.17, 15) is 0 Å². The zero-order chi connectivity index (χ0) is 20.5. The van der Waals surface area contributed by atoms with Gasteiger partial charge in [-0.25, -0.2) is 0 Å². The van der Waals surface area contributed by atoms with E-state index in [1.54, 1.807) is 0 Å². The smallest absolute Gasteiger partial charge is 0.193 e. The first kappa shape index (κ1) is 27.1. The Morgan fingerprint density at radius 1 is 0.630 bits per heavy atom. The van der Waals surface area contributed by atoms with Crippen molar-refractivity contribution in [3.63, 3.8) is 0 Å². The molecule has 0 aliphatic carbocycles. The van der Waals surface area contributed by atoms with Crippen LogP contribution in [0.5, 0.6) is 0 Å². The molecule has 0 radical (unpaired) electrons. The SMILES string of the molecule is CCCN(C)CCCN(CCCN(C)CCC)CC[Si](CC)(CC)OCC. The summed E-state index contributed by atoms with van der Waals surface area (Å²) in [4.78, 5) is 7.68. The molecule has 27 heavy (non-hydrogen) atoms. The largest absolute Gasteiger partial charge is 0.417 e. The van der Waals surface area contributed by atoms with E-state index >= 15 is 0 Å². The molecule has 0 saturated heterocycles. The van der Waals surface area contributed by atoms with E-state index in [1.165, 1.54) is 89.6 Å². The Balaban J connectivity index is 4.56. The molecule has 0 unspecified atom stereocenters. The zero-order valence-corrected chi connectivity index (χ0v) is 20.9. The van der Waals surface area contributed by atoms with Crippen molar-refractivity contribution in [3.8, 4) is 0 Å². The minimum absolute atomic E-state index is 0.886. The van der Waals surface area contributed by atoms with Gasteiger partial charge in [0.05, 0.1) is 0 Å². The summed E-state index contributed by atoms with van der Waals surface area (Å²) in [7, 11) is 3.00. The minimum Gasteiger partial charge on any atom is -0.417 e. The fraction of sp³-hybridized carbons (Fsp3) is 1.00. The monoisotopic (exact) mass is 401 g/mol. The van der Waals surface area contributed by atoms with E-state index in [1.807, 2.05) is 0 Å². The molecule has 0 N–H and O–H groups in total. The van der Waals surface area contributed by atoms with Gasteiger partial charge in [0.2, 0.25) is 0 Å². The van der Waals surface area contributed by atoms with Gasteiger partial charge in [0, 0.05) is 6.61 Å².